The maximum absolute atomic E-state index is 11.6. The quantitative estimate of drug-likeness (QED) is 0.196. The average Bonchev–Trinajstić information content (AvgIpc) is 2.82. The van der Waals surface area contributed by atoms with Crippen LogP contribution in [0.25, 0.3) is 17.5 Å². The van der Waals surface area contributed by atoms with Gasteiger partial charge < -0.3 is 9.47 Å². The molecule has 2 aromatic rings. The highest BCUT2D eigenvalue weighted by atomic mass is 16.5. The second-order valence-electron chi connectivity index (χ2n) is 8.49. The van der Waals surface area contributed by atoms with Crippen LogP contribution < -0.4 is 4.74 Å². The van der Waals surface area contributed by atoms with Gasteiger partial charge in [-0.2, -0.15) is 0 Å². The Hall–Kier alpha value is -2.69. The van der Waals surface area contributed by atoms with Crippen molar-refractivity contribution >= 4 is 12.0 Å². The molecule has 1 aromatic heterocycles. The summed E-state index contributed by atoms with van der Waals surface area (Å²) in [5.74, 6) is 1.23. The van der Waals surface area contributed by atoms with Crippen LogP contribution in [0.2, 0.25) is 0 Å². The molecule has 33 heavy (non-hydrogen) atoms. The zero-order chi connectivity index (χ0) is 23.7. The van der Waals surface area contributed by atoms with Gasteiger partial charge in [0.05, 0.1) is 19.0 Å². The summed E-state index contributed by atoms with van der Waals surface area (Å²) in [5.41, 5.74) is 1.98. The molecule has 0 spiro atoms. The SMILES string of the molecule is CCCCCCCCCCOc1cnc(-c2ccc(/C=C/C(C)OC(=O)CCC)cc2)nc1. The summed E-state index contributed by atoms with van der Waals surface area (Å²) in [7, 11) is 0. The predicted octanol–water partition coefficient (Wildman–Crippen LogP) is 7.41. The smallest absolute Gasteiger partial charge is 0.306 e. The van der Waals surface area contributed by atoms with E-state index in [1.165, 1.54) is 44.9 Å². The first-order valence-electron chi connectivity index (χ1n) is 12.5. The first-order valence-corrected chi connectivity index (χ1v) is 12.5. The van der Waals surface area contributed by atoms with E-state index < -0.39 is 0 Å². The third kappa shape index (κ3) is 11.1. The third-order valence-electron chi connectivity index (χ3n) is 5.39. The molecule has 1 atom stereocenters. The van der Waals surface area contributed by atoms with E-state index >= 15 is 0 Å². The second-order valence-corrected chi connectivity index (χ2v) is 8.49. The molecule has 5 heteroatoms. The summed E-state index contributed by atoms with van der Waals surface area (Å²) in [6.07, 6.45) is 18.6. The van der Waals surface area contributed by atoms with E-state index in [1.807, 2.05) is 50.3 Å². The van der Waals surface area contributed by atoms with Gasteiger partial charge in [-0.05, 0) is 31.4 Å². The molecule has 180 valence electrons. The Morgan fingerprint density at radius 3 is 2.18 bits per heavy atom. The van der Waals surface area contributed by atoms with Gasteiger partial charge in [0, 0.05) is 12.0 Å². The van der Waals surface area contributed by atoms with E-state index in [0.717, 1.165) is 24.0 Å². The number of carbonyl (C=O) groups excluding carboxylic acids is 1. The number of esters is 1. The molecular weight excluding hydrogens is 412 g/mol. The van der Waals surface area contributed by atoms with Crippen LogP contribution in [0.4, 0.5) is 0 Å². The molecule has 0 aliphatic heterocycles. The van der Waals surface area contributed by atoms with E-state index in [2.05, 4.69) is 16.9 Å². The van der Waals surface area contributed by atoms with Crippen molar-refractivity contribution in [3.05, 3.63) is 48.3 Å². The number of unbranched alkanes of at least 4 members (excludes halogenated alkanes) is 7. The largest absolute Gasteiger partial charge is 0.490 e. The predicted molar refractivity (Wildman–Crippen MR) is 135 cm³/mol. The molecule has 5 nitrogen and oxygen atoms in total. The van der Waals surface area contributed by atoms with E-state index in [9.17, 15) is 4.79 Å². The number of benzene rings is 1. The second kappa shape index (κ2) is 16.0. The molecular formula is C28H40N2O3. The molecule has 0 N–H and O–H groups in total. The topological polar surface area (TPSA) is 61.3 Å². The van der Waals surface area contributed by atoms with Crippen LogP contribution in [-0.2, 0) is 9.53 Å². The average molecular weight is 453 g/mol. The van der Waals surface area contributed by atoms with Crippen LogP contribution in [0.1, 0.15) is 90.5 Å². The lowest BCUT2D eigenvalue weighted by molar-refractivity contribution is -0.146. The summed E-state index contributed by atoms with van der Waals surface area (Å²) in [4.78, 5) is 20.4. The number of hydrogen-bond donors (Lipinski definition) is 0. The zero-order valence-corrected chi connectivity index (χ0v) is 20.6. The molecule has 0 saturated heterocycles. The van der Waals surface area contributed by atoms with Crippen molar-refractivity contribution in [1.29, 1.82) is 0 Å². The molecule has 1 heterocycles. The lowest BCUT2D eigenvalue weighted by Gasteiger charge is -2.08. The summed E-state index contributed by atoms with van der Waals surface area (Å²) < 4.78 is 11.1. The Balaban J connectivity index is 1.72. The number of carbonyl (C=O) groups is 1. The van der Waals surface area contributed by atoms with Gasteiger partial charge >= 0.3 is 5.97 Å². The summed E-state index contributed by atoms with van der Waals surface area (Å²) >= 11 is 0. The van der Waals surface area contributed by atoms with Crippen LogP contribution in [0.15, 0.2) is 42.7 Å². The standard InChI is InChI=1S/C28H40N2O3/c1-4-6-7-8-9-10-11-12-20-32-26-21-29-28(30-22-26)25-18-16-24(17-19-25)15-14-23(3)33-27(31)13-5-2/h14-19,21-23H,4-13,20H2,1-3H3/b15-14+. The van der Waals surface area contributed by atoms with E-state index in [-0.39, 0.29) is 12.1 Å². The minimum Gasteiger partial charge on any atom is -0.490 e. The fraction of sp³-hybridized carbons (Fsp3) is 0.536. The highest BCUT2D eigenvalue weighted by Crippen LogP contribution is 2.18. The van der Waals surface area contributed by atoms with Crippen molar-refractivity contribution in [3.63, 3.8) is 0 Å². The molecule has 1 unspecified atom stereocenters. The van der Waals surface area contributed by atoms with Gasteiger partial charge in [-0.1, -0.05) is 89.1 Å². The van der Waals surface area contributed by atoms with E-state index in [1.54, 1.807) is 12.4 Å². The molecule has 1 aromatic carbocycles. The monoisotopic (exact) mass is 452 g/mol. The molecule has 0 aliphatic carbocycles. The van der Waals surface area contributed by atoms with Gasteiger partial charge in [0.1, 0.15) is 6.10 Å². The first-order chi connectivity index (χ1) is 16.1. The molecule has 2 rings (SSSR count). The van der Waals surface area contributed by atoms with Gasteiger partial charge in [-0.3, -0.25) is 4.79 Å². The number of rotatable bonds is 16. The lowest BCUT2D eigenvalue weighted by atomic mass is 10.1. The lowest BCUT2D eigenvalue weighted by Crippen LogP contribution is -2.11. The number of hydrogen-bond acceptors (Lipinski definition) is 5. The van der Waals surface area contributed by atoms with Crippen LogP contribution in [0, 0.1) is 0 Å². The van der Waals surface area contributed by atoms with Gasteiger partial charge in [0.2, 0.25) is 0 Å². The number of ether oxygens (including phenoxy) is 2. The van der Waals surface area contributed by atoms with Gasteiger partial charge in [0.25, 0.3) is 0 Å². The third-order valence-corrected chi connectivity index (χ3v) is 5.39. The number of nitrogens with zero attached hydrogens (tertiary/aromatic N) is 2. The van der Waals surface area contributed by atoms with E-state index in [4.69, 9.17) is 9.47 Å². The van der Waals surface area contributed by atoms with Crippen molar-refractivity contribution < 1.29 is 14.3 Å². The van der Waals surface area contributed by atoms with Crippen molar-refractivity contribution in [2.24, 2.45) is 0 Å². The van der Waals surface area contributed by atoms with Gasteiger partial charge in [0.15, 0.2) is 11.6 Å². The van der Waals surface area contributed by atoms with Crippen molar-refractivity contribution in [2.45, 2.75) is 91.1 Å². The number of aromatic nitrogens is 2. The molecule has 0 saturated carbocycles. The van der Waals surface area contributed by atoms with E-state index in [0.29, 0.717) is 24.6 Å². The Kier molecular flexibility index (Phi) is 12.9. The van der Waals surface area contributed by atoms with Gasteiger partial charge in [-0.25, -0.2) is 9.97 Å². The first kappa shape index (κ1) is 26.6. The Labute approximate surface area is 199 Å². The minimum atomic E-state index is -0.245. The van der Waals surface area contributed by atoms with Crippen molar-refractivity contribution in [2.75, 3.05) is 6.61 Å². The highest BCUT2D eigenvalue weighted by molar-refractivity contribution is 5.69. The summed E-state index contributed by atoms with van der Waals surface area (Å²) in [5, 5.41) is 0. The highest BCUT2D eigenvalue weighted by Gasteiger charge is 2.06. The Morgan fingerprint density at radius 2 is 1.55 bits per heavy atom. The normalized spacial score (nSPS) is 12.1. The zero-order valence-electron chi connectivity index (χ0n) is 20.6. The maximum Gasteiger partial charge on any atom is 0.306 e. The maximum atomic E-state index is 11.6. The Bertz CT molecular complexity index is 816. The van der Waals surface area contributed by atoms with Gasteiger partial charge in [-0.15, -0.1) is 0 Å². The molecule has 0 aliphatic rings. The van der Waals surface area contributed by atoms with Crippen LogP contribution in [0.5, 0.6) is 5.75 Å². The molecule has 0 bridgehead atoms. The summed E-state index contributed by atoms with van der Waals surface area (Å²) in [6.45, 7) is 6.79. The van der Waals surface area contributed by atoms with Crippen molar-refractivity contribution in [1.82, 2.24) is 9.97 Å². The molecule has 0 radical (unpaired) electrons. The van der Waals surface area contributed by atoms with Crippen molar-refractivity contribution in [3.8, 4) is 17.1 Å². The van der Waals surface area contributed by atoms with Crippen LogP contribution >= 0.6 is 0 Å². The van der Waals surface area contributed by atoms with Crippen LogP contribution in [0.3, 0.4) is 0 Å². The molecule has 0 fully saturated rings. The Morgan fingerprint density at radius 1 is 0.909 bits per heavy atom. The minimum absolute atomic E-state index is 0.160. The fourth-order valence-electron chi connectivity index (χ4n) is 3.47. The molecule has 0 amide bonds. The summed E-state index contributed by atoms with van der Waals surface area (Å²) in [6, 6.07) is 7.98. The van der Waals surface area contributed by atoms with Crippen LogP contribution in [-0.4, -0.2) is 28.6 Å². The fourth-order valence-corrected chi connectivity index (χ4v) is 3.47.